The second-order valence-corrected chi connectivity index (χ2v) is 12.0. The summed E-state index contributed by atoms with van der Waals surface area (Å²) in [5, 5.41) is 11.7. The van der Waals surface area contributed by atoms with Crippen LogP contribution in [0.3, 0.4) is 0 Å². The van der Waals surface area contributed by atoms with Crippen molar-refractivity contribution >= 4 is 11.9 Å². The van der Waals surface area contributed by atoms with Crippen molar-refractivity contribution in [1.82, 2.24) is 0 Å². The van der Waals surface area contributed by atoms with Gasteiger partial charge in [-0.05, 0) is 73.2 Å². The second kappa shape index (κ2) is 7.54. The van der Waals surface area contributed by atoms with Gasteiger partial charge in [0.1, 0.15) is 17.8 Å². The van der Waals surface area contributed by atoms with E-state index in [1.54, 1.807) is 6.08 Å². The lowest BCUT2D eigenvalue weighted by Gasteiger charge is -2.58. The smallest absolute Gasteiger partial charge is 0.336 e. The first-order valence-corrected chi connectivity index (χ1v) is 12.9. The lowest BCUT2D eigenvalue weighted by molar-refractivity contribution is -0.208. The molecule has 3 heterocycles. The highest BCUT2D eigenvalue weighted by Crippen LogP contribution is 2.65. The average Bonchev–Trinajstić information content (AvgIpc) is 3.02. The zero-order chi connectivity index (χ0) is 24.0. The molecule has 0 radical (unpaired) electrons. The van der Waals surface area contributed by atoms with E-state index in [0.717, 1.165) is 25.7 Å². The second-order valence-electron chi connectivity index (χ2n) is 12.0. The molecule has 3 saturated carbocycles. The maximum Gasteiger partial charge on any atom is 0.336 e. The predicted octanol–water partition coefficient (Wildman–Crippen LogP) is 3.74. The molecule has 3 aliphatic carbocycles. The van der Waals surface area contributed by atoms with Crippen LogP contribution in [-0.4, -0.2) is 47.6 Å². The molecule has 1 N–H and O–H groups in total. The van der Waals surface area contributed by atoms with E-state index in [1.807, 2.05) is 6.92 Å². The molecule has 5 fully saturated rings. The first-order chi connectivity index (χ1) is 16.1. The van der Waals surface area contributed by atoms with E-state index < -0.39 is 11.7 Å². The fourth-order valence-electron chi connectivity index (χ4n) is 8.84. The van der Waals surface area contributed by atoms with E-state index in [0.29, 0.717) is 36.4 Å². The molecular formula is C28H36O6. The number of aliphatic hydroxyl groups is 1. The summed E-state index contributed by atoms with van der Waals surface area (Å²) in [6.45, 7) is 10.9. The van der Waals surface area contributed by atoms with Crippen LogP contribution in [-0.2, 0) is 23.8 Å². The van der Waals surface area contributed by atoms with Gasteiger partial charge in [-0.3, -0.25) is 0 Å². The molecule has 0 aromatic carbocycles. The minimum Gasteiger partial charge on any atom is -0.458 e. The van der Waals surface area contributed by atoms with Crippen LogP contribution in [0.4, 0.5) is 0 Å². The van der Waals surface area contributed by atoms with Gasteiger partial charge in [-0.1, -0.05) is 32.6 Å². The Labute approximate surface area is 201 Å². The van der Waals surface area contributed by atoms with E-state index in [4.69, 9.17) is 14.2 Å². The molecular weight excluding hydrogens is 432 g/mol. The number of fused-ring (bicyclic) bond motifs is 6. The normalized spacial score (nSPS) is 51.9. The van der Waals surface area contributed by atoms with Crippen LogP contribution in [0.25, 0.3) is 0 Å². The van der Waals surface area contributed by atoms with Gasteiger partial charge in [0, 0.05) is 18.4 Å². The Bertz CT molecular complexity index is 997. The third-order valence-corrected chi connectivity index (χ3v) is 10.8. The van der Waals surface area contributed by atoms with Crippen LogP contribution >= 0.6 is 0 Å². The molecule has 0 aromatic rings. The largest absolute Gasteiger partial charge is 0.458 e. The first kappa shape index (κ1) is 22.5. The highest BCUT2D eigenvalue weighted by Gasteiger charge is 2.64. The highest BCUT2D eigenvalue weighted by molar-refractivity contribution is 5.91. The summed E-state index contributed by atoms with van der Waals surface area (Å²) >= 11 is 0. The lowest BCUT2D eigenvalue weighted by Crippen LogP contribution is -2.60. The van der Waals surface area contributed by atoms with Crippen LogP contribution in [0.5, 0.6) is 0 Å². The summed E-state index contributed by atoms with van der Waals surface area (Å²) in [6, 6.07) is 0. The molecule has 11 atom stereocenters. The van der Waals surface area contributed by atoms with E-state index in [1.165, 1.54) is 11.6 Å². The number of aliphatic hydroxyl groups excluding tert-OH is 1. The Morgan fingerprint density at radius 1 is 1.06 bits per heavy atom. The fourth-order valence-corrected chi connectivity index (χ4v) is 8.84. The monoisotopic (exact) mass is 468 g/mol. The number of hydrogen-bond donors (Lipinski definition) is 1. The van der Waals surface area contributed by atoms with Crippen molar-refractivity contribution in [3.8, 4) is 0 Å². The number of carbonyl (C=O) groups excluding carboxylic acids is 2. The van der Waals surface area contributed by atoms with Crippen molar-refractivity contribution in [3.63, 3.8) is 0 Å². The minimum absolute atomic E-state index is 0.0719. The number of esters is 2. The van der Waals surface area contributed by atoms with Gasteiger partial charge in [0.15, 0.2) is 0 Å². The summed E-state index contributed by atoms with van der Waals surface area (Å²) < 4.78 is 18.0. The van der Waals surface area contributed by atoms with Gasteiger partial charge in [-0.15, -0.1) is 0 Å². The molecule has 6 heteroatoms. The maximum absolute atomic E-state index is 12.5. The van der Waals surface area contributed by atoms with Crippen molar-refractivity contribution in [2.45, 2.75) is 76.8 Å². The SMILES string of the molecule is C=C1C(=O)O[C@@H]2C[C@@]1(C)OC[C@H]2[C@H]1CC[C@H]2[C@@H]3CC4OC(=O)C=CC=C4[C@@H](C)[C@H]3C[C@@H](O)[C@]12C. The third kappa shape index (κ3) is 3.00. The van der Waals surface area contributed by atoms with Crippen LogP contribution in [0.2, 0.25) is 0 Å². The van der Waals surface area contributed by atoms with Crippen LogP contribution in [0.1, 0.15) is 52.9 Å². The molecule has 34 heavy (non-hydrogen) atoms. The molecule has 0 amide bonds. The van der Waals surface area contributed by atoms with Gasteiger partial charge in [0.25, 0.3) is 0 Å². The van der Waals surface area contributed by atoms with Gasteiger partial charge in [0.2, 0.25) is 0 Å². The number of allylic oxidation sites excluding steroid dienone is 2. The molecule has 6 aliphatic rings. The van der Waals surface area contributed by atoms with Gasteiger partial charge in [-0.25, -0.2) is 9.59 Å². The Balaban J connectivity index is 1.29. The summed E-state index contributed by atoms with van der Waals surface area (Å²) in [7, 11) is 0. The molecule has 184 valence electrons. The van der Waals surface area contributed by atoms with Gasteiger partial charge < -0.3 is 19.3 Å². The van der Waals surface area contributed by atoms with Crippen LogP contribution in [0.15, 0.2) is 36.0 Å². The quantitative estimate of drug-likeness (QED) is 0.466. The number of carbonyl (C=O) groups is 2. The predicted molar refractivity (Wildman–Crippen MR) is 124 cm³/mol. The van der Waals surface area contributed by atoms with Gasteiger partial charge >= 0.3 is 11.9 Å². The number of hydrogen-bond acceptors (Lipinski definition) is 6. The molecule has 1 unspecified atom stereocenters. The van der Waals surface area contributed by atoms with E-state index in [-0.39, 0.29) is 47.3 Å². The van der Waals surface area contributed by atoms with Crippen molar-refractivity contribution in [1.29, 1.82) is 0 Å². The van der Waals surface area contributed by atoms with E-state index in [2.05, 4.69) is 26.5 Å². The zero-order valence-corrected chi connectivity index (χ0v) is 20.4. The molecule has 2 bridgehead atoms. The molecule has 6 nitrogen and oxygen atoms in total. The zero-order valence-electron chi connectivity index (χ0n) is 20.4. The van der Waals surface area contributed by atoms with Gasteiger partial charge in [-0.2, -0.15) is 0 Å². The lowest BCUT2D eigenvalue weighted by atomic mass is 9.49. The van der Waals surface area contributed by atoms with Crippen molar-refractivity contribution in [2.24, 2.45) is 40.9 Å². The van der Waals surface area contributed by atoms with Gasteiger partial charge in [0.05, 0.1) is 18.3 Å². The van der Waals surface area contributed by atoms with Crippen molar-refractivity contribution < 1.29 is 28.9 Å². The van der Waals surface area contributed by atoms with E-state index in [9.17, 15) is 14.7 Å². The molecule has 6 rings (SSSR count). The van der Waals surface area contributed by atoms with Crippen molar-refractivity contribution in [3.05, 3.63) is 36.0 Å². The number of rotatable bonds is 1. The highest BCUT2D eigenvalue weighted by atomic mass is 16.6. The maximum atomic E-state index is 12.5. The van der Waals surface area contributed by atoms with Crippen molar-refractivity contribution in [2.75, 3.05) is 6.61 Å². The summed E-state index contributed by atoms with van der Waals surface area (Å²) in [4.78, 5) is 24.6. The third-order valence-electron chi connectivity index (χ3n) is 10.8. The fraction of sp³-hybridized carbons (Fsp3) is 0.714. The minimum atomic E-state index is -0.648. The van der Waals surface area contributed by atoms with Crippen LogP contribution < -0.4 is 0 Å². The molecule has 0 spiro atoms. The molecule has 3 aliphatic heterocycles. The summed E-state index contributed by atoms with van der Waals surface area (Å²) in [6.07, 6.45) is 8.80. The molecule has 2 saturated heterocycles. The first-order valence-electron chi connectivity index (χ1n) is 12.9. The standard InChI is InChI=1S/C28H36O6/c1-14-16-6-5-7-25(30)33-22(16)10-18-17(14)11-24(29)28(4)20(18)8-9-21(28)19-13-32-27(3)12-23(19)34-26(31)15(27)2/h5-7,14,17-24,29H,2,8-13H2,1,3-4H3/t14-,17-,18-,19+,20+,21-,22?,23-,24-,27-,28+/m1/s1. The Morgan fingerprint density at radius 2 is 1.79 bits per heavy atom. The number of ether oxygens (including phenoxy) is 3. The van der Waals surface area contributed by atoms with E-state index >= 15 is 0 Å². The van der Waals surface area contributed by atoms with Crippen LogP contribution in [0, 0.1) is 40.9 Å². The molecule has 0 aromatic heterocycles. The Morgan fingerprint density at radius 3 is 2.56 bits per heavy atom. The Kier molecular flexibility index (Phi) is 5.00. The average molecular weight is 469 g/mol. The topological polar surface area (TPSA) is 82.1 Å². The summed E-state index contributed by atoms with van der Waals surface area (Å²) in [5.74, 6) is 1.04. The summed E-state index contributed by atoms with van der Waals surface area (Å²) in [5.41, 5.74) is 0.663. The Hall–Kier alpha value is -1.92.